The summed E-state index contributed by atoms with van der Waals surface area (Å²) in [5.41, 5.74) is 5.69. The van der Waals surface area contributed by atoms with Gasteiger partial charge in [0, 0.05) is 30.9 Å². The molecule has 0 saturated carbocycles. The summed E-state index contributed by atoms with van der Waals surface area (Å²) in [6.45, 7) is 26.9. The smallest absolute Gasteiger partial charge is 0.409 e. The van der Waals surface area contributed by atoms with E-state index in [1.165, 1.54) is 21.9 Å². The van der Waals surface area contributed by atoms with Crippen LogP contribution >= 0.6 is 8.60 Å². The van der Waals surface area contributed by atoms with Crippen molar-refractivity contribution < 1.29 is 13.6 Å². The molecule has 4 nitrogen and oxygen atoms in total. The van der Waals surface area contributed by atoms with Crippen molar-refractivity contribution in [3.05, 3.63) is 107 Å². The van der Waals surface area contributed by atoms with Gasteiger partial charge in [0.2, 0.25) is 0 Å². The highest BCUT2D eigenvalue weighted by molar-refractivity contribution is 7.43. The molecule has 0 unspecified atom stereocenters. The molecule has 0 bridgehead atoms. The van der Waals surface area contributed by atoms with Crippen molar-refractivity contribution in [2.75, 3.05) is 19.0 Å². The van der Waals surface area contributed by atoms with Gasteiger partial charge in [-0.2, -0.15) is 0 Å². The van der Waals surface area contributed by atoms with Crippen LogP contribution in [0.5, 0.6) is 17.2 Å². The summed E-state index contributed by atoms with van der Waals surface area (Å²) in [5.74, 6) is 2.23. The molecule has 5 rings (SSSR count). The standard InChI is InChI=1S/C44H56NO3P/c1-41(2,3)33-17-15-29-27-39(37(43(7,8)9)25-31(29)23-33)47-49(46-36-21-19-35(20-22-36)45(13)14)48-40-28-30-16-18-34(42(4,5)6)24-32(30)26-38(40)44(10,11)12/h15-28H,1-14H3. The number of hydrogen-bond donors (Lipinski definition) is 0. The average molecular weight is 678 g/mol. The second-order valence-electron chi connectivity index (χ2n) is 17.7. The Kier molecular flexibility index (Phi) is 9.82. The Hall–Kier alpha value is -3.75. The number of nitrogens with zero attached hydrogens (tertiary/aromatic N) is 1. The molecule has 0 N–H and O–H groups in total. The lowest BCUT2D eigenvalue weighted by Crippen LogP contribution is -2.16. The molecule has 0 aliphatic rings. The Morgan fingerprint density at radius 2 is 0.837 bits per heavy atom. The van der Waals surface area contributed by atoms with Crippen molar-refractivity contribution in [2.45, 2.75) is 105 Å². The maximum absolute atomic E-state index is 6.92. The molecular formula is C44H56NO3P. The van der Waals surface area contributed by atoms with Gasteiger partial charge in [-0.05, 0) is 103 Å². The number of hydrogen-bond acceptors (Lipinski definition) is 4. The zero-order chi connectivity index (χ0) is 36.1. The van der Waals surface area contributed by atoms with E-state index in [1.807, 2.05) is 26.2 Å². The summed E-state index contributed by atoms with van der Waals surface area (Å²) in [6.07, 6.45) is 0. The van der Waals surface area contributed by atoms with Crippen molar-refractivity contribution in [3.63, 3.8) is 0 Å². The van der Waals surface area contributed by atoms with Crippen molar-refractivity contribution in [3.8, 4) is 17.2 Å². The molecule has 49 heavy (non-hydrogen) atoms. The normalized spacial score (nSPS) is 12.9. The van der Waals surface area contributed by atoms with E-state index in [9.17, 15) is 0 Å². The van der Waals surface area contributed by atoms with E-state index < -0.39 is 8.60 Å². The third-order valence-corrected chi connectivity index (χ3v) is 10.2. The molecule has 0 radical (unpaired) electrons. The van der Waals surface area contributed by atoms with Gasteiger partial charge in [0.1, 0.15) is 17.2 Å². The SMILES string of the molecule is CN(C)c1ccc(OP(Oc2cc3ccc(C(C)(C)C)cc3cc2C(C)(C)C)Oc2cc3ccc(C(C)(C)C)cc3cc2C(C)(C)C)cc1. The van der Waals surface area contributed by atoms with Crippen LogP contribution in [-0.2, 0) is 21.7 Å². The average Bonchev–Trinajstić information content (AvgIpc) is 2.98. The van der Waals surface area contributed by atoms with E-state index >= 15 is 0 Å². The molecule has 0 atom stereocenters. The van der Waals surface area contributed by atoms with Gasteiger partial charge in [-0.25, -0.2) is 0 Å². The molecule has 0 amide bonds. The molecule has 0 aromatic heterocycles. The molecule has 0 aliphatic heterocycles. The van der Waals surface area contributed by atoms with Crippen LogP contribution in [0.4, 0.5) is 5.69 Å². The first-order valence-corrected chi connectivity index (χ1v) is 18.5. The molecule has 5 aromatic carbocycles. The molecule has 5 heteroatoms. The Bertz CT molecular complexity index is 1830. The lowest BCUT2D eigenvalue weighted by atomic mass is 9.83. The van der Waals surface area contributed by atoms with Crippen LogP contribution in [0.15, 0.2) is 84.9 Å². The second-order valence-corrected chi connectivity index (χ2v) is 18.7. The van der Waals surface area contributed by atoms with Gasteiger partial charge in [-0.1, -0.05) is 119 Å². The number of fused-ring (bicyclic) bond motifs is 2. The van der Waals surface area contributed by atoms with Crippen LogP contribution in [-0.4, -0.2) is 14.1 Å². The highest BCUT2D eigenvalue weighted by atomic mass is 31.2. The fraction of sp³-hybridized carbons (Fsp3) is 0.409. The molecule has 0 saturated heterocycles. The molecule has 5 aromatic rings. The quantitative estimate of drug-likeness (QED) is 0.160. The third-order valence-electron chi connectivity index (χ3n) is 9.10. The molecule has 260 valence electrons. The molecule has 0 spiro atoms. The summed E-state index contributed by atoms with van der Waals surface area (Å²) in [4.78, 5) is 2.07. The fourth-order valence-corrected chi connectivity index (χ4v) is 6.95. The van der Waals surface area contributed by atoms with Gasteiger partial charge in [-0.15, -0.1) is 0 Å². The summed E-state index contributed by atoms with van der Waals surface area (Å²) in [6, 6.07) is 30.4. The van der Waals surface area contributed by atoms with Gasteiger partial charge in [-0.3, -0.25) is 0 Å². The Balaban J connectivity index is 1.63. The predicted octanol–water partition coefficient (Wildman–Crippen LogP) is 13.0. The minimum Gasteiger partial charge on any atom is -0.409 e. The number of benzene rings is 5. The van der Waals surface area contributed by atoms with Crippen LogP contribution in [0.2, 0.25) is 0 Å². The Morgan fingerprint density at radius 1 is 0.429 bits per heavy atom. The van der Waals surface area contributed by atoms with E-state index in [-0.39, 0.29) is 21.7 Å². The summed E-state index contributed by atoms with van der Waals surface area (Å²) < 4.78 is 20.5. The van der Waals surface area contributed by atoms with Gasteiger partial charge in [0.05, 0.1) is 0 Å². The molecule has 0 heterocycles. The van der Waals surface area contributed by atoms with E-state index in [4.69, 9.17) is 13.6 Å². The largest absolute Gasteiger partial charge is 0.530 e. The first-order valence-electron chi connectivity index (χ1n) is 17.4. The van der Waals surface area contributed by atoms with Crippen molar-refractivity contribution in [1.82, 2.24) is 0 Å². The van der Waals surface area contributed by atoms with E-state index in [0.717, 1.165) is 39.1 Å². The van der Waals surface area contributed by atoms with Crippen LogP contribution in [0, 0.1) is 0 Å². The van der Waals surface area contributed by atoms with E-state index in [2.05, 4.69) is 161 Å². The molecule has 0 aliphatic carbocycles. The maximum Gasteiger partial charge on any atom is 0.530 e. The fourth-order valence-electron chi connectivity index (χ4n) is 5.92. The monoisotopic (exact) mass is 677 g/mol. The lowest BCUT2D eigenvalue weighted by Gasteiger charge is -2.28. The van der Waals surface area contributed by atoms with Gasteiger partial charge >= 0.3 is 8.60 Å². The first-order chi connectivity index (χ1) is 22.6. The first kappa shape index (κ1) is 36.5. The zero-order valence-corrected chi connectivity index (χ0v) is 33.1. The van der Waals surface area contributed by atoms with Crippen LogP contribution in [0.1, 0.15) is 105 Å². The molecule has 0 fully saturated rings. The van der Waals surface area contributed by atoms with E-state index in [0.29, 0.717) is 5.75 Å². The maximum atomic E-state index is 6.92. The van der Waals surface area contributed by atoms with Gasteiger partial charge < -0.3 is 18.5 Å². The minimum absolute atomic E-state index is 0.0579. The number of anilines is 1. The summed E-state index contributed by atoms with van der Waals surface area (Å²) >= 11 is 0. The van der Waals surface area contributed by atoms with Gasteiger partial charge in [0.15, 0.2) is 0 Å². The molecular weight excluding hydrogens is 621 g/mol. The van der Waals surface area contributed by atoms with Crippen LogP contribution in [0.25, 0.3) is 21.5 Å². The van der Waals surface area contributed by atoms with E-state index in [1.54, 1.807) is 0 Å². The summed E-state index contributed by atoms with van der Waals surface area (Å²) in [7, 11) is 2.15. The van der Waals surface area contributed by atoms with Crippen molar-refractivity contribution >= 4 is 35.8 Å². The van der Waals surface area contributed by atoms with Crippen LogP contribution in [0.3, 0.4) is 0 Å². The van der Waals surface area contributed by atoms with Crippen LogP contribution < -0.4 is 18.5 Å². The van der Waals surface area contributed by atoms with Crippen molar-refractivity contribution in [2.24, 2.45) is 0 Å². The minimum atomic E-state index is -1.92. The third kappa shape index (κ3) is 8.53. The predicted molar refractivity (Wildman–Crippen MR) is 212 cm³/mol. The van der Waals surface area contributed by atoms with Crippen molar-refractivity contribution in [1.29, 1.82) is 0 Å². The highest BCUT2D eigenvalue weighted by Crippen LogP contribution is 2.49. The lowest BCUT2D eigenvalue weighted by molar-refractivity contribution is 0.378. The number of rotatable bonds is 7. The zero-order valence-electron chi connectivity index (χ0n) is 32.2. The highest BCUT2D eigenvalue weighted by Gasteiger charge is 2.30. The summed E-state index contributed by atoms with van der Waals surface area (Å²) in [5, 5.41) is 4.65. The topological polar surface area (TPSA) is 30.9 Å². The van der Waals surface area contributed by atoms with Gasteiger partial charge in [0.25, 0.3) is 0 Å². The Morgan fingerprint density at radius 3 is 1.18 bits per heavy atom. The second kappa shape index (κ2) is 13.2. The Labute approximate surface area is 296 Å².